The molecule has 1 aliphatic rings. The van der Waals surface area contributed by atoms with Gasteiger partial charge in [-0.1, -0.05) is 6.58 Å². The second-order valence-electron chi connectivity index (χ2n) is 2.15. The molecule has 2 atom stereocenters. The van der Waals surface area contributed by atoms with Crippen LogP contribution in [0.25, 0.3) is 0 Å². The third-order valence-corrected chi connectivity index (χ3v) is 1.82. The van der Waals surface area contributed by atoms with Gasteiger partial charge in [0.05, 0.1) is 12.4 Å². The van der Waals surface area contributed by atoms with Gasteiger partial charge in [-0.2, -0.15) is 0 Å². The highest BCUT2D eigenvalue weighted by Gasteiger charge is 2.10. The summed E-state index contributed by atoms with van der Waals surface area (Å²) in [6, 6.07) is 0. The van der Waals surface area contributed by atoms with Crippen molar-refractivity contribution in [3.05, 3.63) is 12.3 Å². The minimum absolute atomic E-state index is 0.653. The lowest BCUT2D eigenvalue weighted by Crippen LogP contribution is -2.14. The van der Waals surface area contributed by atoms with Gasteiger partial charge in [0.2, 0.25) is 0 Å². The van der Waals surface area contributed by atoms with Crippen molar-refractivity contribution in [3.63, 3.8) is 0 Å². The van der Waals surface area contributed by atoms with Crippen molar-refractivity contribution in [1.82, 2.24) is 0 Å². The quantitative estimate of drug-likeness (QED) is 0.452. The third-order valence-electron chi connectivity index (χ3n) is 1.30. The van der Waals surface area contributed by atoms with Gasteiger partial charge in [-0.3, -0.25) is 0 Å². The third kappa shape index (κ3) is 1.48. The van der Waals surface area contributed by atoms with Crippen molar-refractivity contribution in [1.29, 1.82) is 0 Å². The van der Waals surface area contributed by atoms with E-state index in [4.69, 9.17) is 4.74 Å². The fourth-order valence-electron chi connectivity index (χ4n) is 0.727. The van der Waals surface area contributed by atoms with E-state index in [2.05, 4.69) is 15.8 Å². The highest BCUT2D eigenvalue weighted by molar-refractivity contribution is 7.17. The first kappa shape index (κ1) is 6.10. The van der Waals surface area contributed by atoms with Crippen molar-refractivity contribution in [2.45, 2.75) is 18.5 Å². The van der Waals surface area contributed by atoms with E-state index in [0.717, 1.165) is 18.8 Å². The summed E-state index contributed by atoms with van der Waals surface area (Å²) in [4.78, 5) is 0. The molecule has 46 valence electrons. The molecule has 1 saturated heterocycles. The Labute approximate surface area is 52.3 Å². The van der Waals surface area contributed by atoms with Crippen LogP contribution in [-0.2, 0) is 4.74 Å². The predicted octanol–water partition coefficient (Wildman–Crippen LogP) is 1.55. The Bertz CT molecular complexity index is 90.7. The second kappa shape index (κ2) is 2.50. The van der Waals surface area contributed by atoms with Gasteiger partial charge in [0, 0.05) is 12.1 Å². The van der Waals surface area contributed by atoms with E-state index in [9.17, 15) is 0 Å². The Balaban J connectivity index is 2.29. The van der Waals surface area contributed by atoms with Crippen molar-refractivity contribution in [2.24, 2.45) is 0 Å². The fraction of sp³-hybridized carbons (Fsp3) is 0.667. The molecule has 0 aromatic heterocycles. The Kier molecular flexibility index (Phi) is 1.90. The lowest BCUT2D eigenvalue weighted by atomic mass is 10.2. The number of allylic oxidation sites excluding steroid dienone is 1. The van der Waals surface area contributed by atoms with E-state index in [0.29, 0.717) is 5.66 Å². The van der Waals surface area contributed by atoms with Gasteiger partial charge in [0.1, 0.15) is 0 Å². The highest BCUT2D eigenvalue weighted by atomic mass is 31.0. The van der Waals surface area contributed by atoms with Gasteiger partial charge in [0.25, 0.3) is 0 Å². The predicted molar refractivity (Wildman–Crippen MR) is 37.8 cm³/mol. The van der Waals surface area contributed by atoms with Crippen LogP contribution in [0.15, 0.2) is 12.3 Å². The Hall–Kier alpha value is -0.0300. The lowest BCUT2D eigenvalue weighted by Gasteiger charge is -2.20. The van der Waals surface area contributed by atoms with Crippen molar-refractivity contribution in [3.8, 4) is 0 Å². The van der Waals surface area contributed by atoms with Crippen LogP contribution in [0.5, 0.6) is 0 Å². The summed E-state index contributed by atoms with van der Waals surface area (Å²) < 4.78 is 5.17. The SMILES string of the molecule is C=C1CCC(P)CO1. The van der Waals surface area contributed by atoms with Gasteiger partial charge in [-0.15, -0.1) is 9.24 Å². The highest BCUT2D eigenvalue weighted by Crippen LogP contribution is 2.19. The zero-order valence-electron chi connectivity index (χ0n) is 4.89. The average molecular weight is 130 g/mol. The van der Waals surface area contributed by atoms with Gasteiger partial charge < -0.3 is 4.74 Å². The molecule has 0 aromatic carbocycles. The monoisotopic (exact) mass is 130 g/mol. The molecule has 2 heteroatoms. The lowest BCUT2D eigenvalue weighted by molar-refractivity contribution is 0.173. The van der Waals surface area contributed by atoms with E-state index in [1.807, 2.05) is 0 Å². The summed E-state index contributed by atoms with van der Waals surface area (Å²) in [5, 5.41) is 0. The van der Waals surface area contributed by atoms with Crippen LogP contribution in [0.2, 0.25) is 0 Å². The standard InChI is InChI=1S/C6H11OP/c1-5-2-3-6(8)4-7-5/h6H,1-4,8H2. The number of ether oxygens (including phenoxy) is 1. The van der Waals surface area contributed by atoms with Crippen LogP contribution >= 0.6 is 9.24 Å². The van der Waals surface area contributed by atoms with E-state index in [1.165, 1.54) is 6.42 Å². The molecule has 1 rings (SSSR count). The van der Waals surface area contributed by atoms with Crippen LogP contribution in [0, 0.1) is 0 Å². The zero-order valence-corrected chi connectivity index (χ0v) is 6.05. The molecule has 8 heavy (non-hydrogen) atoms. The normalized spacial score (nSPS) is 29.6. The molecular formula is C6H11OP. The maximum absolute atomic E-state index is 5.17. The fourth-order valence-corrected chi connectivity index (χ4v) is 0.990. The molecule has 0 radical (unpaired) electrons. The van der Waals surface area contributed by atoms with Gasteiger partial charge in [-0.05, 0) is 6.42 Å². The zero-order chi connectivity index (χ0) is 5.98. The minimum atomic E-state index is 0.653. The molecule has 1 nitrogen and oxygen atoms in total. The number of hydrogen-bond donors (Lipinski definition) is 0. The summed E-state index contributed by atoms with van der Waals surface area (Å²) in [6.07, 6.45) is 2.25. The molecular weight excluding hydrogens is 119 g/mol. The maximum Gasteiger partial charge on any atom is 0.0939 e. The molecule has 0 aromatic rings. The van der Waals surface area contributed by atoms with E-state index < -0.39 is 0 Å². The minimum Gasteiger partial charge on any atom is -0.498 e. The maximum atomic E-state index is 5.17. The summed E-state index contributed by atoms with van der Waals surface area (Å²) in [5.74, 6) is 0.948. The van der Waals surface area contributed by atoms with Gasteiger partial charge in [0.15, 0.2) is 0 Å². The molecule has 1 fully saturated rings. The van der Waals surface area contributed by atoms with E-state index in [1.54, 1.807) is 0 Å². The van der Waals surface area contributed by atoms with Crippen LogP contribution in [0.3, 0.4) is 0 Å². The average Bonchev–Trinajstić information content (AvgIpc) is 1.77. The Morgan fingerprint density at radius 2 is 2.50 bits per heavy atom. The molecule has 0 amide bonds. The number of rotatable bonds is 0. The summed E-state index contributed by atoms with van der Waals surface area (Å²) in [7, 11) is 2.76. The van der Waals surface area contributed by atoms with Crippen molar-refractivity contribution >= 4 is 9.24 Å². The van der Waals surface area contributed by atoms with Crippen LogP contribution < -0.4 is 0 Å². The van der Waals surface area contributed by atoms with Crippen LogP contribution in [-0.4, -0.2) is 12.3 Å². The molecule has 2 unspecified atom stereocenters. The van der Waals surface area contributed by atoms with Crippen LogP contribution in [0.4, 0.5) is 0 Å². The molecule has 1 aliphatic heterocycles. The second-order valence-corrected chi connectivity index (χ2v) is 3.09. The van der Waals surface area contributed by atoms with Gasteiger partial charge >= 0.3 is 0 Å². The first-order chi connectivity index (χ1) is 3.79. The summed E-state index contributed by atoms with van der Waals surface area (Å²) in [5.41, 5.74) is 0.653. The molecule has 0 N–H and O–H groups in total. The smallest absolute Gasteiger partial charge is 0.0939 e. The van der Waals surface area contributed by atoms with Crippen LogP contribution in [0.1, 0.15) is 12.8 Å². The van der Waals surface area contributed by atoms with E-state index in [-0.39, 0.29) is 0 Å². The number of hydrogen-bond acceptors (Lipinski definition) is 1. The Morgan fingerprint density at radius 3 is 2.88 bits per heavy atom. The summed E-state index contributed by atoms with van der Waals surface area (Å²) in [6.45, 7) is 4.55. The van der Waals surface area contributed by atoms with Crippen molar-refractivity contribution < 1.29 is 4.74 Å². The molecule has 1 heterocycles. The largest absolute Gasteiger partial charge is 0.498 e. The Morgan fingerprint density at radius 1 is 1.75 bits per heavy atom. The molecule has 0 bridgehead atoms. The first-order valence-corrected chi connectivity index (χ1v) is 3.52. The van der Waals surface area contributed by atoms with Crippen molar-refractivity contribution in [2.75, 3.05) is 6.61 Å². The molecule has 0 saturated carbocycles. The topological polar surface area (TPSA) is 9.23 Å². The molecule has 0 aliphatic carbocycles. The summed E-state index contributed by atoms with van der Waals surface area (Å²) >= 11 is 0. The first-order valence-electron chi connectivity index (χ1n) is 2.85. The van der Waals surface area contributed by atoms with Gasteiger partial charge in [-0.25, -0.2) is 0 Å². The molecule has 0 spiro atoms. The van der Waals surface area contributed by atoms with E-state index >= 15 is 0 Å².